The Kier molecular flexibility index (Phi) is 6.12. The molecule has 7 nitrogen and oxygen atoms in total. The van der Waals surface area contributed by atoms with Crippen molar-refractivity contribution >= 4 is 44.7 Å². The van der Waals surface area contributed by atoms with Crippen molar-refractivity contribution in [3.8, 4) is 0 Å². The molecule has 1 fully saturated rings. The number of fused-ring (bicyclic) bond motifs is 1. The normalized spacial score (nSPS) is 16.9. The molecule has 1 unspecified atom stereocenters. The zero-order valence-corrected chi connectivity index (χ0v) is 18.8. The molecule has 1 saturated heterocycles. The van der Waals surface area contributed by atoms with E-state index in [2.05, 4.69) is 15.3 Å². The standard InChI is InChI=1S/C21H24N4O3S2/c1-12(2)23-20(27)19-18(15-5-4-6-22-21(15)30-19)16-10-25(7-8-28-16)17(26)9-14-11-29-13(3)24-14/h4-6,11-12,16H,7-10H2,1-3H3,(H,23,27). The third-order valence-corrected chi connectivity index (χ3v) is 6.82. The highest BCUT2D eigenvalue weighted by atomic mass is 32.1. The lowest BCUT2D eigenvalue weighted by atomic mass is 10.0. The van der Waals surface area contributed by atoms with Crippen molar-refractivity contribution in [3.63, 3.8) is 0 Å². The van der Waals surface area contributed by atoms with Crippen LogP contribution < -0.4 is 5.32 Å². The van der Waals surface area contributed by atoms with E-state index < -0.39 is 0 Å². The molecule has 0 spiro atoms. The summed E-state index contributed by atoms with van der Waals surface area (Å²) in [6.07, 6.45) is 1.63. The van der Waals surface area contributed by atoms with Crippen LogP contribution in [0.15, 0.2) is 23.7 Å². The van der Waals surface area contributed by atoms with Gasteiger partial charge in [0.1, 0.15) is 15.8 Å². The molecule has 0 aliphatic carbocycles. The van der Waals surface area contributed by atoms with Gasteiger partial charge in [0.05, 0.1) is 30.3 Å². The molecule has 4 rings (SSSR count). The van der Waals surface area contributed by atoms with Crippen molar-refractivity contribution in [2.45, 2.75) is 39.3 Å². The van der Waals surface area contributed by atoms with Gasteiger partial charge in [-0.15, -0.1) is 22.7 Å². The third kappa shape index (κ3) is 4.38. The fraction of sp³-hybridized carbons (Fsp3) is 0.429. The van der Waals surface area contributed by atoms with Crippen molar-refractivity contribution in [2.75, 3.05) is 19.7 Å². The Morgan fingerprint density at radius 1 is 1.40 bits per heavy atom. The number of ether oxygens (including phenoxy) is 1. The zero-order valence-electron chi connectivity index (χ0n) is 17.2. The van der Waals surface area contributed by atoms with Crippen molar-refractivity contribution in [2.24, 2.45) is 0 Å². The summed E-state index contributed by atoms with van der Waals surface area (Å²) in [5.74, 6) is -0.104. The number of carbonyl (C=O) groups is 2. The van der Waals surface area contributed by atoms with E-state index in [-0.39, 0.29) is 30.4 Å². The number of pyridine rings is 1. The Hall–Kier alpha value is -2.36. The van der Waals surface area contributed by atoms with E-state index in [0.717, 1.165) is 26.5 Å². The highest BCUT2D eigenvalue weighted by Crippen LogP contribution is 2.37. The SMILES string of the molecule is Cc1nc(CC(=O)N2CCOC(c3c(C(=O)NC(C)C)sc4ncccc34)C2)cs1. The van der Waals surface area contributed by atoms with E-state index in [4.69, 9.17) is 4.74 Å². The first-order valence-corrected chi connectivity index (χ1v) is 11.6. The summed E-state index contributed by atoms with van der Waals surface area (Å²) in [5, 5.41) is 6.76. The van der Waals surface area contributed by atoms with Crippen LogP contribution in [0.4, 0.5) is 0 Å². The second kappa shape index (κ2) is 8.79. The number of hydrogen-bond donors (Lipinski definition) is 1. The maximum Gasteiger partial charge on any atom is 0.262 e. The summed E-state index contributed by atoms with van der Waals surface area (Å²) in [7, 11) is 0. The van der Waals surface area contributed by atoms with Crippen molar-refractivity contribution in [1.29, 1.82) is 0 Å². The van der Waals surface area contributed by atoms with Crippen LogP contribution in [-0.4, -0.2) is 52.4 Å². The van der Waals surface area contributed by atoms with Gasteiger partial charge in [0, 0.05) is 35.1 Å². The number of carbonyl (C=O) groups excluding carboxylic acids is 2. The van der Waals surface area contributed by atoms with E-state index in [9.17, 15) is 9.59 Å². The molecular weight excluding hydrogens is 420 g/mol. The molecule has 0 radical (unpaired) electrons. The van der Waals surface area contributed by atoms with E-state index in [1.807, 2.05) is 43.2 Å². The third-order valence-electron chi connectivity index (χ3n) is 4.87. The summed E-state index contributed by atoms with van der Waals surface area (Å²) in [6, 6.07) is 3.84. The molecule has 1 aliphatic heterocycles. The van der Waals surface area contributed by atoms with Gasteiger partial charge in [0.2, 0.25) is 5.91 Å². The molecule has 0 bridgehead atoms. The second-order valence-corrected chi connectivity index (χ2v) is 9.62. The number of amides is 2. The van der Waals surface area contributed by atoms with E-state index in [1.54, 1.807) is 17.5 Å². The molecule has 4 heterocycles. The fourth-order valence-electron chi connectivity index (χ4n) is 3.57. The first-order chi connectivity index (χ1) is 14.4. The number of thiazole rings is 1. The quantitative estimate of drug-likeness (QED) is 0.652. The molecule has 1 atom stereocenters. The van der Waals surface area contributed by atoms with Crippen LogP contribution in [0.25, 0.3) is 10.2 Å². The number of morpholine rings is 1. The summed E-state index contributed by atoms with van der Waals surface area (Å²) in [6.45, 7) is 7.16. The molecule has 0 saturated carbocycles. The van der Waals surface area contributed by atoms with Crippen LogP contribution in [0.2, 0.25) is 0 Å². The van der Waals surface area contributed by atoms with Crippen LogP contribution in [0.3, 0.4) is 0 Å². The lowest BCUT2D eigenvalue weighted by Crippen LogP contribution is -2.43. The van der Waals surface area contributed by atoms with Crippen LogP contribution in [0.1, 0.15) is 45.9 Å². The van der Waals surface area contributed by atoms with Crippen LogP contribution in [-0.2, 0) is 16.0 Å². The lowest BCUT2D eigenvalue weighted by Gasteiger charge is -2.33. The van der Waals surface area contributed by atoms with Gasteiger partial charge in [0.25, 0.3) is 5.91 Å². The summed E-state index contributed by atoms with van der Waals surface area (Å²) in [5.41, 5.74) is 1.62. The molecular formula is C21H24N4O3S2. The molecule has 3 aromatic rings. The minimum atomic E-state index is -0.370. The monoisotopic (exact) mass is 444 g/mol. The molecule has 0 aromatic carbocycles. The average molecular weight is 445 g/mol. The van der Waals surface area contributed by atoms with Gasteiger partial charge >= 0.3 is 0 Å². The van der Waals surface area contributed by atoms with Gasteiger partial charge in [0.15, 0.2) is 0 Å². The van der Waals surface area contributed by atoms with Crippen molar-refractivity contribution in [1.82, 2.24) is 20.2 Å². The van der Waals surface area contributed by atoms with Crippen molar-refractivity contribution < 1.29 is 14.3 Å². The average Bonchev–Trinajstić information content (AvgIpc) is 3.31. The second-order valence-electron chi connectivity index (χ2n) is 7.56. The van der Waals surface area contributed by atoms with Gasteiger partial charge < -0.3 is 15.0 Å². The molecule has 2 amide bonds. The van der Waals surface area contributed by atoms with Gasteiger partial charge in [-0.25, -0.2) is 9.97 Å². The molecule has 1 aliphatic rings. The van der Waals surface area contributed by atoms with Gasteiger partial charge in [-0.05, 0) is 26.8 Å². The summed E-state index contributed by atoms with van der Waals surface area (Å²) in [4.78, 5) is 37.8. The number of aromatic nitrogens is 2. The maximum atomic E-state index is 12.9. The van der Waals surface area contributed by atoms with Crippen molar-refractivity contribution in [3.05, 3.63) is 44.9 Å². The maximum absolute atomic E-state index is 12.9. The Bertz CT molecular complexity index is 1080. The predicted molar refractivity (Wildman–Crippen MR) is 118 cm³/mol. The van der Waals surface area contributed by atoms with Crippen LogP contribution in [0.5, 0.6) is 0 Å². The number of thiophene rings is 1. The van der Waals surface area contributed by atoms with Crippen LogP contribution >= 0.6 is 22.7 Å². The minimum Gasteiger partial charge on any atom is -0.370 e. The molecule has 30 heavy (non-hydrogen) atoms. The Morgan fingerprint density at radius 3 is 2.97 bits per heavy atom. The fourth-order valence-corrected chi connectivity index (χ4v) is 5.28. The largest absolute Gasteiger partial charge is 0.370 e. The predicted octanol–water partition coefficient (Wildman–Crippen LogP) is 3.34. The Morgan fingerprint density at radius 2 is 2.23 bits per heavy atom. The van der Waals surface area contributed by atoms with E-state index in [0.29, 0.717) is 24.6 Å². The van der Waals surface area contributed by atoms with Gasteiger partial charge in [-0.1, -0.05) is 6.07 Å². The number of nitrogens with zero attached hydrogens (tertiary/aromatic N) is 3. The van der Waals surface area contributed by atoms with E-state index in [1.165, 1.54) is 11.3 Å². The number of nitrogens with one attached hydrogen (secondary N) is 1. The molecule has 3 aromatic heterocycles. The number of aryl methyl sites for hydroxylation is 1. The molecule has 1 N–H and O–H groups in total. The molecule has 9 heteroatoms. The topological polar surface area (TPSA) is 84.4 Å². The summed E-state index contributed by atoms with van der Waals surface area (Å²) < 4.78 is 6.05. The summed E-state index contributed by atoms with van der Waals surface area (Å²) >= 11 is 2.91. The van der Waals surface area contributed by atoms with Gasteiger partial charge in [-0.3, -0.25) is 9.59 Å². The number of rotatable bonds is 5. The zero-order chi connectivity index (χ0) is 21.3. The lowest BCUT2D eigenvalue weighted by molar-refractivity contribution is -0.138. The minimum absolute atomic E-state index is 0.0236. The first kappa shape index (κ1) is 20.9. The highest BCUT2D eigenvalue weighted by molar-refractivity contribution is 7.20. The first-order valence-electron chi connectivity index (χ1n) is 9.91. The smallest absolute Gasteiger partial charge is 0.262 e. The highest BCUT2D eigenvalue weighted by Gasteiger charge is 2.32. The van der Waals surface area contributed by atoms with E-state index >= 15 is 0 Å². The number of hydrogen-bond acceptors (Lipinski definition) is 7. The Labute approximate surface area is 183 Å². The Balaban J connectivity index is 1.61. The van der Waals surface area contributed by atoms with Gasteiger partial charge in [-0.2, -0.15) is 0 Å². The van der Waals surface area contributed by atoms with Crippen LogP contribution in [0, 0.1) is 6.92 Å². The molecule has 158 valence electrons.